The fourth-order valence-electron chi connectivity index (χ4n) is 4.21. The van der Waals surface area contributed by atoms with Gasteiger partial charge in [0, 0.05) is 32.1 Å². The minimum absolute atomic E-state index is 0.0372. The normalized spacial score (nSPS) is 27.6. The number of sulfonamides is 1. The average molecular weight is 379 g/mol. The molecule has 0 aliphatic carbocycles. The van der Waals surface area contributed by atoms with Crippen LogP contribution in [0.1, 0.15) is 23.2 Å². The maximum absolute atomic E-state index is 13.0. The summed E-state index contributed by atoms with van der Waals surface area (Å²) in [6.07, 6.45) is 2.05. The van der Waals surface area contributed by atoms with E-state index in [2.05, 4.69) is 0 Å². The van der Waals surface area contributed by atoms with E-state index in [-0.39, 0.29) is 17.9 Å². The molecular formula is C17H21N3O5S. The average Bonchev–Trinajstić information content (AvgIpc) is 3.24. The number of nitrogens with zero attached hydrogens (tertiary/aromatic N) is 3. The molecule has 26 heavy (non-hydrogen) atoms. The number of hydrogen-bond donors (Lipinski definition) is 0. The number of amides is 2. The largest absolute Gasteiger partial charge is 0.351 e. The SMILES string of the molecule is CN(c1ccc(C(=O)N2CC[C@@]34OCCN3C(=O)C[C@@H]24)cc1)S(C)(=O)=O. The Bertz CT molecular complexity index is 869. The molecule has 4 rings (SSSR count). The molecule has 0 aromatic heterocycles. The molecule has 0 radical (unpaired) electrons. The molecule has 140 valence electrons. The highest BCUT2D eigenvalue weighted by Crippen LogP contribution is 2.45. The summed E-state index contributed by atoms with van der Waals surface area (Å²) in [6, 6.07) is 6.20. The van der Waals surface area contributed by atoms with E-state index in [1.807, 2.05) is 0 Å². The molecule has 3 aliphatic heterocycles. The Balaban J connectivity index is 1.56. The van der Waals surface area contributed by atoms with Gasteiger partial charge in [-0.25, -0.2) is 8.42 Å². The second kappa shape index (κ2) is 5.68. The minimum atomic E-state index is -3.35. The van der Waals surface area contributed by atoms with Crippen LogP contribution in [0.5, 0.6) is 0 Å². The van der Waals surface area contributed by atoms with Gasteiger partial charge in [0.2, 0.25) is 15.9 Å². The lowest BCUT2D eigenvalue weighted by Gasteiger charge is -2.31. The van der Waals surface area contributed by atoms with Crippen molar-refractivity contribution < 1.29 is 22.7 Å². The molecule has 3 fully saturated rings. The summed E-state index contributed by atoms with van der Waals surface area (Å²) in [5, 5.41) is 0. The highest BCUT2D eigenvalue weighted by atomic mass is 32.2. The fraction of sp³-hybridized carbons (Fsp3) is 0.529. The Morgan fingerprint density at radius 1 is 1.27 bits per heavy atom. The molecule has 0 saturated carbocycles. The zero-order chi connectivity index (χ0) is 18.7. The first kappa shape index (κ1) is 17.3. The number of benzene rings is 1. The highest BCUT2D eigenvalue weighted by molar-refractivity contribution is 7.92. The van der Waals surface area contributed by atoms with Gasteiger partial charge >= 0.3 is 0 Å². The minimum Gasteiger partial charge on any atom is -0.351 e. The lowest BCUT2D eigenvalue weighted by Crippen LogP contribution is -2.48. The number of likely N-dealkylation sites (tertiary alicyclic amines) is 1. The predicted octanol–water partition coefficient (Wildman–Crippen LogP) is 0.256. The Morgan fingerprint density at radius 3 is 2.62 bits per heavy atom. The van der Waals surface area contributed by atoms with Gasteiger partial charge in [-0.2, -0.15) is 0 Å². The zero-order valence-electron chi connectivity index (χ0n) is 14.7. The second-order valence-electron chi connectivity index (χ2n) is 6.98. The smallest absolute Gasteiger partial charge is 0.254 e. The van der Waals surface area contributed by atoms with Gasteiger partial charge in [0.05, 0.1) is 31.0 Å². The summed E-state index contributed by atoms with van der Waals surface area (Å²) < 4.78 is 30.3. The molecule has 1 spiro atoms. The summed E-state index contributed by atoms with van der Waals surface area (Å²) in [5.74, 6) is -0.124. The molecule has 9 heteroatoms. The number of anilines is 1. The maximum Gasteiger partial charge on any atom is 0.254 e. The molecule has 0 bridgehead atoms. The lowest BCUT2D eigenvalue weighted by molar-refractivity contribution is -0.136. The third-order valence-corrected chi connectivity index (χ3v) is 6.84. The van der Waals surface area contributed by atoms with Crippen molar-refractivity contribution in [2.75, 3.05) is 37.3 Å². The Hall–Kier alpha value is -2.13. The van der Waals surface area contributed by atoms with Gasteiger partial charge in [-0.3, -0.25) is 13.9 Å². The topological polar surface area (TPSA) is 87.2 Å². The van der Waals surface area contributed by atoms with Gasteiger partial charge < -0.3 is 14.5 Å². The van der Waals surface area contributed by atoms with E-state index in [1.54, 1.807) is 34.1 Å². The van der Waals surface area contributed by atoms with E-state index in [0.717, 1.165) is 10.6 Å². The van der Waals surface area contributed by atoms with Crippen molar-refractivity contribution in [1.82, 2.24) is 9.80 Å². The number of rotatable bonds is 3. The molecule has 3 saturated heterocycles. The molecule has 3 heterocycles. The van der Waals surface area contributed by atoms with E-state index in [9.17, 15) is 18.0 Å². The van der Waals surface area contributed by atoms with Crippen LogP contribution in [0.2, 0.25) is 0 Å². The molecule has 2 atom stereocenters. The number of carbonyl (C=O) groups excluding carboxylic acids is 2. The van der Waals surface area contributed by atoms with Crippen molar-refractivity contribution in [3.8, 4) is 0 Å². The van der Waals surface area contributed by atoms with E-state index >= 15 is 0 Å². The molecule has 0 N–H and O–H groups in total. The number of ether oxygens (including phenoxy) is 1. The summed E-state index contributed by atoms with van der Waals surface area (Å²) in [7, 11) is -1.89. The molecule has 2 amide bonds. The van der Waals surface area contributed by atoms with Crippen molar-refractivity contribution in [3.05, 3.63) is 29.8 Å². The standard InChI is InChI=1S/C17H21N3O5S/c1-18(26(2,23)24)13-5-3-12(4-6-13)16(22)19-8-7-17-14(19)11-15(21)20(17)9-10-25-17/h3-6,14H,7-11H2,1-2H3/t14-,17+/m1/s1. The fourth-order valence-corrected chi connectivity index (χ4v) is 4.71. The van der Waals surface area contributed by atoms with E-state index in [4.69, 9.17) is 4.74 Å². The van der Waals surface area contributed by atoms with Crippen LogP contribution in [0, 0.1) is 0 Å². The van der Waals surface area contributed by atoms with Crippen LogP contribution >= 0.6 is 0 Å². The Morgan fingerprint density at radius 2 is 1.96 bits per heavy atom. The molecule has 3 aliphatic rings. The van der Waals surface area contributed by atoms with Crippen molar-refractivity contribution in [2.45, 2.75) is 24.6 Å². The quantitative estimate of drug-likeness (QED) is 0.752. The van der Waals surface area contributed by atoms with Crippen LogP contribution in [-0.4, -0.2) is 74.8 Å². The second-order valence-corrected chi connectivity index (χ2v) is 9.00. The van der Waals surface area contributed by atoms with Crippen molar-refractivity contribution in [3.63, 3.8) is 0 Å². The van der Waals surface area contributed by atoms with Crippen LogP contribution < -0.4 is 4.31 Å². The molecular weight excluding hydrogens is 358 g/mol. The molecule has 8 nitrogen and oxygen atoms in total. The van der Waals surface area contributed by atoms with Gasteiger partial charge in [0.15, 0.2) is 5.72 Å². The van der Waals surface area contributed by atoms with Crippen LogP contribution in [0.15, 0.2) is 24.3 Å². The molecule has 1 aromatic carbocycles. The first-order chi connectivity index (χ1) is 12.2. The number of carbonyl (C=O) groups is 2. The first-order valence-corrected chi connectivity index (χ1v) is 10.4. The third kappa shape index (κ3) is 2.41. The Labute approximate surface area is 152 Å². The van der Waals surface area contributed by atoms with E-state index in [1.165, 1.54) is 7.05 Å². The van der Waals surface area contributed by atoms with Gasteiger partial charge in [-0.15, -0.1) is 0 Å². The van der Waals surface area contributed by atoms with Crippen molar-refractivity contribution in [2.24, 2.45) is 0 Å². The third-order valence-electron chi connectivity index (χ3n) is 5.64. The van der Waals surface area contributed by atoms with Crippen molar-refractivity contribution in [1.29, 1.82) is 0 Å². The molecule has 0 unspecified atom stereocenters. The van der Waals surface area contributed by atoms with Crippen LogP contribution in [0.25, 0.3) is 0 Å². The predicted molar refractivity (Wildman–Crippen MR) is 94.1 cm³/mol. The van der Waals surface area contributed by atoms with Crippen LogP contribution in [-0.2, 0) is 19.6 Å². The molecule has 1 aromatic rings. The van der Waals surface area contributed by atoms with E-state index in [0.29, 0.717) is 43.8 Å². The number of hydrogen-bond acceptors (Lipinski definition) is 5. The summed E-state index contributed by atoms with van der Waals surface area (Å²) in [6.45, 7) is 1.64. The van der Waals surface area contributed by atoms with Crippen molar-refractivity contribution >= 4 is 27.5 Å². The summed E-state index contributed by atoms with van der Waals surface area (Å²) in [5.41, 5.74) is 0.309. The van der Waals surface area contributed by atoms with E-state index < -0.39 is 15.7 Å². The highest BCUT2D eigenvalue weighted by Gasteiger charge is 2.62. The zero-order valence-corrected chi connectivity index (χ0v) is 15.5. The monoisotopic (exact) mass is 379 g/mol. The van der Waals surface area contributed by atoms with Gasteiger partial charge in [0.1, 0.15) is 0 Å². The maximum atomic E-state index is 13.0. The van der Waals surface area contributed by atoms with Gasteiger partial charge in [-0.05, 0) is 24.3 Å². The van der Waals surface area contributed by atoms with Crippen LogP contribution in [0.4, 0.5) is 5.69 Å². The lowest BCUT2D eigenvalue weighted by atomic mass is 10.1. The van der Waals surface area contributed by atoms with Crippen LogP contribution in [0.3, 0.4) is 0 Å². The first-order valence-electron chi connectivity index (χ1n) is 8.53. The van der Waals surface area contributed by atoms with Gasteiger partial charge in [-0.1, -0.05) is 0 Å². The van der Waals surface area contributed by atoms with Gasteiger partial charge in [0.25, 0.3) is 5.91 Å². The Kier molecular flexibility index (Phi) is 3.78. The summed E-state index contributed by atoms with van der Waals surface area (Å²) in [4.78, 5) is 28.7. The summed E-state index contributed by atoms with van der Waals surface area (Å²) >= 11 is 0.